The Balaban J connectivity index is 2.53. The summed E-state index contributed by atoms with van der Waals surface area (Å²) < 4.78 is 26.8. The van der Waals surface area contributed by atoms with Crippen LogP contribution in [0.5, 0.6) is 0 Å². The first-order valence-electron chi connectivity index (χ1n) is 5.47. The van der Waals surface area contributed by atoms with E-state index in [9.17, 15) is 13.6 Å². The lowest BCUT2D eigenvalue weighted by molar-refractivity contribution is 0.103. The standard InChI is InChI=1S/C14H12F2OS/c1-7-4-11(13(16)6-12(7)15)14(17)10-5-8(2)18-9(10)3/h4-6H,1-3H3. The van der Waals surface area contributed by atoms with E-state index in [1.54, 1.807) is 6.07 Å². The van der Waals surface area contributed by atoms with E-state index in [2.05, 4.69) is 0 Å². The summed E-state index contributed by atoms with van der Waals surface area (Å²) in [5.41, 5.74) is 0.682. The highest BCUT2D eigenvalue weighted by Crippen LogP contribution is 2.25. The van der Waals surface area contributed by atoms with Crippen molar-refractivity contribution >= 4 is 17.1 Å². The number of thiophene rings is 1. The van der Waals surface area contributed by atoms with Crippen molar-refractivity contribution in [3.8, 4) is 0 Å². The highest BCUT2D eigenvalue weighted by Gasteiger charge is 2.19. The SMILES string of the molecule is Cc1cc(C(=O)c2cc(C)c(F)cc2F)c(C)s1. The average molecular weight is 266 g/mol. The van der Waals surface area contributed by atoms with Crippen molar-refractivity contribution in [1.29, 1.82) is 0 Å². The van der Waals surface area contributed by atoms with E-state index < -0.39 is 17.4 Å². The molecule has 2 rings (SSSR count). The van der Waals surface area contributed by atoms with Crippen LogP contribution in [0.2, 0.25) is 0 Å². The molecule has 0 bridgehead atoms. The summed E-state index contributed by atoms with van der Waals surface area (Å²) in [6.45, 7) is 5.22. The predicted octanol–water partition coefficient (Wildman–Crippen LogP) is 4.18. The van der Waals surface area contributed by atoms with E-state index in [4.69, 9.17) is 0 Å². The Labute approximate surface area is 108 Å². The Kier molecular flexibility index (Phi) is 3.30. The number of carbonyl (C=O) groups excluding carboxylic acids is 1. The lowest BCUT2D eigenvalue weighted by atomic mass is 10.0. The van der Waals surface area contributed by atoms with Crippen LogP contribution >= 0.6 is 11.3 Å². The van der Waals surface area contributed by atoms with Gasteiger partial charge in [-0.2, -0.15) is 0 Å². The topological polar surface area (TPSA) is 17.1 Å². The highest BCUT2D eigenvalue weighted by atomic mass is 32.1. The molecule has 4 heteroatoms. The largest absolute Gasteiger partial charge is 0.288 e. The van der Waals surface area contributed by atoms with Crippen LogP contribution in [0.3, 0.4) is 0 Å². The van der Waals surface area contributed by atoms with E-state index in [-0.39, 0.29) is 11.1 Å². The molecule has 1 aromatic heterocycles. The number of rotatable bonds is 2. The normalized spacial score (nSPS) is 10.7. The lowest BCUT2D eigenvalue weighted by Gasteiger charge is -2.04. The number of aryl methyl sites for hydroxylation is 3. The molecule has 0 N–H and O–H groups in total. The minimum Gasteiger partial charge on any atom is -0.288 e. The van der Waals surface area contributed by atoms with Gasteiger partial charge in [-0.05, 0) is 38.5 Å². The molecule has 1 nitrogen and oxygen atoms in total. The second-order valence-electron chi connectivity index (χ2n) is 4.24. The molecule has 0 amide bonds. The van der Waals surface area contributed by atoms with Gasteiger partial charge >= 0.3 is 0 Å². The van der Waals surface area contributed by atoms with Gasteiger partial charge < -0.3 is 0 Å². The summed E-state index contributed by atoms with van der Waals surface area (Å²) in [5.74, 6) is -1.84. The van der Waals surface area contributed by atoms with Crippen molar-refractivity contribution in [2.45, 2.75) is 20.8 Å². The Bertz CT molecular complexity index is 629. The molecule has 0 aliphatic rings. The van der Waals surface area contributed by atoms with E-state index in [0.717, 1.165) is 15.8 Å². The van der Waals surface area contributed by atoms with E-state index in [1.165, 1.54) is 24.3 Å². The Morgan fingerprint density at radius 2 is 1.67 bits per heavy atom. The van der Waals surface area contributed by atoms with E-state index in [1.807, 2.05) is 13.8 Å². The molecule has 94 valence electrons. The van der Waals surface area contributed by atoms with Crippen molar-refractivity contribution in [1.82, 2.24) is 0 Å². The van der Waals surface area contributed by atoms with Gasteiger partial charge in [0.05, 0.1) is 5.56 Å². The van der Waals surface area contributed by atoms with Gasteiger partial charge in [0.15, 0.2) is 5.78 Å². The zero-order valence-electron chi connectivity index (χ0n) is 10.3. The number of carbonyl (C=O) groups is 1. The van der Waals surface area contributed by atoms with Crippen molar-refractivity contribution < 1.29 is 13.6 Å². The predicted molar refractivity (Wildman–Crippen MR) is 68.3 cm³/mol. The average Bonchev–Trinajstić information content (AvgIpc) is 2.62. The zero-order valence-corrected chi connectivity index (χ0v) is 11.1. The third kappa shape index (κ3) is 2.20. The van der Waals surface area contributed by atoms with E-state index >= 15 is 0 Å². The van der Waals surface area contributed by atoms with Crippen LogP contribution in [0.1, 0.15) is 31.2 Å². The van der Waals surface area contributed by atoms with Crippen LogP contribution in [-0.2, 0) is 0 Å². The molecule has 0 aliphatic heterocycles. The van der Waals surface area contributed by atoms with Gasteiger partial charge in [0, 0.05) is 21.4 Å². The second kappa shape index (κ2) is 4.61. The van der Waals surface area contributed by atoms with Crippen LogP contribution in [0.15, 0.2) is 18.2 Å². The van der Waals surface area contributed by atoms with Gasteiger partial charge in [-0.3, -0.25) is 4.79 Å². The molecule has 0 aliphatic carbocycles. The molecule has 18 heavy (non-hydrogen) atoms. The number of benzene rings is 1. The molecular formula is C14H12F2OS. The third-order valence-corrected chi connectivity index (χ3v) is 3.74. The minimum absolute atomic E-state index is 0.0743. The van der Waals surface area contributed by atoms with Gasteiger partial charge in [-0.1, -0.05) is 0 Å². The minimum atomic E-state index is -0.814. The van der Waals surface area contributed by atoms with Crippen molar-refractivity contribution in [3.05, 3.63) is 56.3 Å². The number of hydrogen-bond acceptors (Lipinski definition) is 2. The highest BCUT2D eigenvalue weighted by molar-refractivity contribution is 7.12. The van der Waals surface area contributed by atoms with Crippen molar-refractivity contribution in [3.63, 3.8) is 0 Å². The molecule has 0 saturated carbocycles. The van der Waals surface area contributed by atoms with Crippen LogP contribution in [0.4, 0.5) is 8.78 Å². The van der Waals surface area contributed by atoms with Crippen LogP contribution in [-0.4, -0.2) is 5.78 Å². The third-order valence-electron chi connectivity index (χ3n) is 2.78. The number of hydrogen-bond donors (Lipinski definition) is 0. The van der Waals surface area contributed by atoms with Gasteiger partial charge in [-0.25, -0.2) is 8.78 Å². The van der Waals surface area contributed by atoms with Crippen LogP contribution in [0.25, 0.3) is 0 Å². The Hall–Kier alpha value is -1.55. The van der Waals surface area contributed by atoms with Crippen molar-refractivity contribution in [2.24, 2.45) is 0 Å². The fraction of sp³-hybridized carbons (Fsp3) is 0.214. The smallest absolute Gasteiger partial charge is 0.197 e. The molecule has 2 aromatic rings. The van der Waals surface area contributed by atoms with Crippen molar-refractivity contribution in [2.75, 3.05) is 0 Å². The fourth-order valence-corrected chi connectivity index (χ4v) is 2.75. The Morgan fingerprint density at radius 1 is 1.00 bits per heavy atom. The summed E-state index contributed by atoms with van der Waals surface area (Å²) >= 11 is 1.49. The maximum absolute atomic E-state index is 13.6. The first-order chi connectivity index (χ1) is 8.40. The number of halogens is 2. The molecule has 1 heterocycles. The summed E-state index contributed by atoms with van der Waals surface area (Å²) in [4.78, 5) is 14.1. The first-order valence-corrected chi connectivity index (χ1v) is 6.29. The summed E-state index contributed by atoms with van der Waals surface area (Å²) in [7, 11) is 0. The molecular weight excluding hydrogens is 254 g/mol. The van der Waals surface area contributed by atoms with Gasteiger partial charge in [-0.15, -0.1) is 11.3 Å². The molecule has 0 fully saturated rings. The molecule has 0 atom stereocenters. The molecule has 0 saturated heterocycles. The van der Waals surface area contributed by atoms with Gasteiger partial charge in [0.1, 0.15) is 11.6 Å². The monoisotopic (exact) mass is 266 g/mol. The maximum Gasteiger partial charge on any atom is 0.197 e. The Morgan fingerprint density at radius 3 is 2.22 bits per heavy atom. The second-order valence-corrected chi connectivity index (χ2v) is 5.70. The fourth-order valence-electron chi connectivity index (χ4n) is 1.83. The molecule has 1 aromatic carbocycles. The molecule has 0 spiro atoms. The zero-order chi connectivity index (χ0) is 13.4. The summed E-state index contributed by atoms with van der Waals surface area (Å²) in [6, 6.07) is 3.76. The summed E-state index contributed by atoms with van der Waals surface area (Å²) in [6.07, 6.45) is 0. The first kappa shape index (κ1) is 12.9. The van der Waals surface area contributed by atoms with Crippen LogP contribution in [0, 0.1) is 32.4 Å². The van der Waals surface area contributed by atoms with Gasteiger partial charge in [0.25, 0.3) is 0 Å². The quantitative estimate of drug-likeness (QED) is 0.745. The lowest BCUT2D eigenvalue weighted by Crippen LogP contribution is -2.06. The maximum atomic E-state index is 13.6. The molecule has 0 unspecified atom stereocenters. The van der Waals surface area contributed by atoms with Gasteiger partial charge in [0.2, 0.25) is 0 Å². The van der Waals surface area contributed by atoms with Crippen LogP contribution < -0.4 is 0 Å². The molecule has 0 radical (unpaired) electrons. The number of ketones is 1. The summed E-state index contributed by atoms with van der Waals surface area (Å²) in [5, 5.41) is 0. The van der Waals surface area contributed by atoms with E-state index in [0.29, 0.717) is 5.56 Å².